The summed E-state index contributed by atoms with van der Waals surface area (Å²) in [5.41, 5.74) is 7.63. The lowest BCUT2D eigenvalue weighted by Crippen LogP contribution is -2.36. The molecule has 3 rings (SSSR count). The third-order valence-corrected chi connectivity index (χ3v) is 4.36. The monoisotopic (exact) mass is 285 g/mol. The number of thiocarbonyl (C=S) groups is 1. The fourth-order valence-electron chi connectivity index (χ4n) is 2.94. The Hall–Kier alpha value is -1.68. The molecule has 1 aromatic carbocycles. The van der Waals surface area contributed by atoms with E-state index < -0.39 is 0 Å². The van der Waals surface area contributed by atoms with Gasteiger partial charge in [0.2, 0.25) is 0 Å². The first kappa shape index (κ1) is 13.3. The number of benzene rings is 1. The summed E-state index contributed by atoms with van der Waals surface area (Å²) in [6.07, 6.45) is 6.81. The molecule has 0 radical (unpaired) electrons. The molecule has 3 nitrogen and oxygen atoms in total. The fraction of sp³-hybridized carbons (Fsp3) is 0.375. The van der Waals surface area contributed by atoms with Crippen LogP contribution in [0.5, 0.6) is 0 Å². The van der Waals surface area contributed by atoms with Gasteiger partial charge in [-0.1, -0.05) is 30.4 Å². The molecule has 1 saturated carbocycles. The van der Waals surface area contributed by atoms with E-state index in [1.165, 1.54) is 23.3 Å². The zero-order valence-corrected chi connectivity index (χ0v) is 12.6. The van der Waals surface area contributed by atoms with E-state index in [1.807, 2.05) is 6.07 Å². The molecule has 0 saturated heterocycles. The van der Waals surface area contributed by atoms with Crippen molar-refractivity contribution in [2.45, 2.75) is 26.7 Å². The standard InChI is InChI=1S/C16H19N3S/c1-10-5-3-6-11(2)15(10)17-16(20)19-18-14-9-12-7-4-8-13(12)14/h3-6,8,12-13H,7,9H2,1-2H3,(H2,17,19,20)/b18-14-/t12-,13+/m1/s1. The number of nitrogens with zero attached hydrogens (tertiary/aromatic N) is 1. The number of para-hydroxylation sites is 1. The van der Waals surface area contributed by atoms with Crippen LogP contribution in [0.2, 0.25) is 0 Å². The maximum atomic E-state index is 5.32. The largest absolute Gasteiger partial charge is 0.331 e. The first-order valence-corrected chi connectivity index (χ1v) is 7.42. The normalized spacial score (nSPS) is 25.2. The number of nitrogens with one attached hydrogen (secondary N) is 2. The molecule has 2 N–H and O–H groups in total. The van der Waals surface area contributed by atoms with Crippen LogP contribution < -0.4 is 10.7 Å². The molecule has 2 atom stereocenters. The van der Waals surface area contributed by atoms with Crippen molar-refractivity contribution in [2.75, 3.05) is 5.32 Å². The highest BCUT2D eigenvalue weighted by Crippen LogP contribution is 2.40. The fourth-order valence-corrected chi connectivity index (χ4v) is 3.08. The number of allylic oxidation sites excluding steroid dienone is 2. The van der Waals surface area contributed by atoms with Gasteiger partial charge in [0.1, 0.15) is 0 Å². The molecule has 0 spiro atoms. The summed E-state index contributed by atoms with van der Waals surface area (Å²) in [7, 11) is 0. The van der Waals surface area contributed by atoms with Crippen LogP contribution in [0.15, 0.2) is 35.5 Å². The van der Waals surface area contributed by atoms with Crippen LogP contribution in [0.1, 0.15) is 24.0 Å². The average Bonchev–Trinajstić information content (AvgIpc) is 2.76. The number of aryl methyl sites for hydroxylation is 2. The van der Waals surface area contributed by atoms with E-state index in [0.717, 1.165) is 18.0 Å². The van der Waals surface area contributed by atoms with Crippen LogP contribution in [0, 0.1) is 25.7 Å². The number of rotatable bonds is 2. The number of hydrogen-bond acceptors (Lipinski definition) is 2. The Labute approximate surface area is 125 Å². The van der Waals surface area contributed by atoms with Crippen molar-refractivity contribution in [3.8, 4) is 0 Å². The molecular weight excluding hydrogens is 266 g/mol. The molecule has 2 aliphatic rings. The van der Waals surface area contributed by atoms with Gasteiger partial charge >= 0.3 is 0 Å². The van der Waals surface area contributed by atoms with Gasteiger partial charge in [0.05, 0.1) is 0 Å². The zero-order valence-electron chi connectivity index (χ0n) is 11.8. The number of anilines is 1. The number of hydrazone groups is 1. The molecule has 2 aliphatic carbocycles. The molecule has 104 valence electrons. The summed E-state index contributed by atoms with van der Waals surface area (Å²) < 4.78 is 0. The Morgan fingerprint density at radius 3 is 2.75 bits per heavy atom. The molecule has 0 heterocycles. The van der Waals surface area contributed by atoms with Gasteiger partial charge in [-0.25, -0.2) is 0 Å². The van der Waals surface area contributed by atoms with Crippen LogP contribution in [0.4, 0.5) is 5.69 Å². The second-order valence-corrected chi connectivity index (χ2v) is 6.00. The second-order valence-electron chi connectivity index (χ2n) is 5.59. The molecule has 0 bridgehead atoms. The van der Waals surface area contributed by atoms with E-state index in [-0.39, 0.29) is 0 Å². The van der Waals surface area contributed by atoms with Gasteiger partial charge in [0.25, 0.3) is 0 Å². The van der Waals surface area contributed by atoms with Crippen molar-refractivity contribution >= 4 is 28.7 Å². The van der Waals surface area contributed by atoms with E-state index in [1.54, 1.807) is 0 Å². The lowest BCUT2D eigenvalue weighted by molar-refractivity contribution is 0.444. The molecule has 0 unspecified atom stereocenters. The van der Waals surface area contributed by atoms with Crippen LogP contribution in [-0.4, -0.2) is 10.8 Å². The van der Waals surface area contributed by atoms with Crippen molar-refractivity contribution < 1.29 is 0 Å². The summed E-state index contributed by atoms with van der Waals surface area (Å²) in [5, 5.41) is 8.23. The summed E-state index contributed by atoms with van der Waals surface area (Å²) in [6.45, 7) is 4.15. The lowest BCUT2D eigenvalue weighted by atomic mass is 9.74. The number of fused-ring (bicyclic) bond motifs is 1. The van der Waals surface area contributed by atoms with Gasteiger partial charge in [-0.15, -0.1) is 0 Å². The van der Waals surface area contributed by atoms with Crippen molar-refractivity contribution in [1.82, 2.24) is 5.43 Å². The average molecular weight is 285 g/mol. The molecule has 0 amide bonds. The van der Waals surface area contributed by atoms with E-state index in [2.05, 4.69) is 54.0 Å². The second kappa shape index (κ2) is 5.37. The molecule has 0 aromatic heterocycles. The van der Waals surface area contributed by atoms with Crippen LogP contribution in [0.25, 0.3) is 0 Å². The summed E-state index contributed by atoms with van der Waals surface area (Å²) in [4.78, 5) is 0. The summed E-state index contributed by atoms with van der Waals surface area (Å²) in [6, 6.07) is 6.20. The molecular formula is C16H19N3S. The van der Waals surface area contributed by atoms with Gasteiger partial charge in [0.15, 0.2) is 5.11 Å². The van der Waals surface area contributed by atoms with E-state index in [0.29, 0.717) is 11.0 Å². The minimum atomic E-state index is 0.547. The highest BCUT2D eigenvalue weighted by molar-refractivity contribution is 7.80. The SMILES string of the molecule is Cc1cccc(C)c1NC(=S)N/N=C1/C[C@H]2CC=C[C@H]12. The molecule has 4 heteroatoms. The highest BCUT2D eigenvalue weighted by Gasteiger charge is 2.37. The van der Waals surface area contributed by atoms with Gasteiger partial charge in [-0.05, 0) is 56.0 Å². The van der Waals surface area contributed by atoms with Gasteiger partial charge in [-0.3, -0.25) is 5.43 Å². The molecule has 1 aromatic rings. The minimum absolute atomic E-state index is 0.547. The third-order valence-electron chi connectivity index (χ3n) is 4.17. The minimum Gasteiger partial charge on any atom is -0.331 e. The van der Waals surface area contributed by atoms with Crippen molar-refractivity contribution in [1.29, 1.82) is 0 Å². The smallest absolute Gasteiger partial charge is 0.191 e. The van der Waals surface area contributed by atoms with E-state index in [4.69, 9.17) is 12.2 Å². The quantitative estimate of drug-likeness (QED) is 0.496. The Bertz CT molecular complexity index is 583. The van der Waals surface area contributed by atoms with Crippen molar-refractivity contribution in [3.63, 3.8) is 0 Å². The Morgan fingerprint density at radius 1 is 1.30 bits per heavy atom. The van der Waals surface area contributed by atoms with E-state index >= 15 is 0 Å². The van der Waals surface area contributed by atoms with Crippen molar-refractivity contribution in [2.24, 2.45) is 16.9 Å². The van der Waals surface area contributed by atoms with Crippen LogP contribution >= 0.6 is 12.2 Å². The third kappa shape index (κ3) is 2.48. The Balaban J connectivity index is 1.61. The van der Waals surface area contributed by atoms with Crippen molar-refractivity contribution in [3.05, 3.63) is 41.5 Å². The van der Waals surface area contributed by atoms with Crippen LogP contribution in [0.3, 0.4) is 0 Å². The van der Waals surface area contributed by atoms with Crippen LogP contribution in [-0.2, 0) is 0 Å². The maximum Gasteiger partial charge on any atom is 0.191 e. The van der Waals surface area contributed by atoms with E-state index in [9.17, 15) is 0 Å². The molecule has 0 aliphatic heterocycles. The molecule has 1 fully saturated rings. The predicted octanol–water partition coefficient (Wildman–Crippen LogP) is 3.54. The maximum absolute atomic E-state index is 5.32. The Morgan fingerprint density at radius 2 is 2.05 bits per heavy atom. The first-order valence-electron chi connectivity index (χ1n) is 7.01. The van der Waals surface area contributed by atoms with Gasteiger partial charge in [0, 0.05) is 17.3 Å². The Kier molecular flexibility index (Phi) is 3.57. The number of hydrogen-bond donors (Lipinski definition) is 2. The summed E-state index contributed by atoms with van der Waals surface area (Å²) >= 11 is 5.32. The molecule has 20 heavy (non-hydrogen) atoms. The van der Waals surface area contributed by atoms with Gasteiger partial charge < -0.3 is 5.32 Å². The van der Waals surface area contributed by atoms with Gasteiger partial charge in [-0.2, -0.15) is 5.10 Å². The highest BCUT2D eigenvalue weighted by atomic mass is 32.1. The zero-order chi connectivity index (χ0) is 14.1. The summed E-state index contributed by atoms with van der Waals surface area (Å²) in [5.74, 6) is 1.33. The first-order chi connectivity index (χ1) is 9.65. The predicted molar refractivity (Wildman–Crippen MR) is 88.1 cm³/mol. The lowest BCUT2D eigenvalue weighted by Gasteiger charge is -2.31. The topological polar surface area (TPSA) is 36.4 Å².